The van der Waals surface area contributed by atoms with Gasteiger partial charge in [-0.25, -0.2) is 0 Å². The molecular formula is C13H19BrOS. The summed E-state index contributed by atoms with van der Waals surface area (Å²) in [7, 11) is 0. The van der Waals surface area contributed by atoms with E-state index in [0.717, 1.165) is 10.9 Å². The van der Waals surface area contributed by atoms with Gasteiger partial charge in [0.15, 0.2) is 0 Å². The van der Waals surface area contributed by atoms with Gasteiger partial charge in [-0.05, 0) is 40.8 Å². The van der Waals surface area contributed by atoms with Gasteiger partial charge in [0.2, 0.25) is 0 Å². The SMILES string of the molecule is OC(Cc1cc(Br)cs1)C1CCCCCC1. The van der Waals surface area contributed by atoms with Crippen LogP contribution in [-0.4, -0.2) is 11.2 Å². The molecule has 1 aliphatic rings. The average Bonchev–Trinajstić information content (AvgIpc) is 2.56. The molecule has 1 aromatic rings. The fraction of sp³-hybridized carbons (Fsp3) is 0.692. The van der Waals surface area contributed by atoms with Crippen LogP contribution in [0.3, 0.4) is 0 Å². The van der Waals surface area contributed by atoms with Crippen molar-refractivity contribution < 1.29 is 5.11 Å². The number of thiophene rings is 1. The first-order valence-corrected chi connectivity index (χ1v) is 7.84. The summed E-state index contributed by atoms with van der Waals surface area (Å²) < 4.78 is 1.14. The third-order valence-corrected chi connectivity index (χ3v) is 5.20. The van der Waals surface area contributed by atoms with E-state index < -0.39 is 0 Å². The molecule has 16 heavy (non-hydrogen) atoms. The predicted molar refractivity (Wildman–Crippen MR) is 72.9 cm³/mol. The monoisotopic (exact) mass is 302 g/mol. The Bertz CT molecular complexity index is 315. The second-order valence-corrected chi connectivity index (χ2v) is 6.67. The van der Waals surface area contributed by atoms with Crippen molar-refractivity contribution in [2.75, 3.05) is 0 Å². The number of hydrogen-bond acceptors (Lipinski definition) is 2. The lowest BCUT2D eigenvalue weighted by atomic mass is 9.92. The highest BCUT2D eigenvalue weighted by Crippen LogP contribution is 2.29. The zero-order valence-corrected chi connectivity index (χ0v) is 11.9. The Morgan fingerprint density at radius 2 is 2.00 bits per heavy atom. The number of aliphatic hydroxyl groups is 1. The number of hydrogen-bond donors (Lipinski definition) is 1. The first-order valence-electron chi connectivity index (χ1n) is 6.16. The van der Waals surface area contributed by atoms with E-state index in [1.165, 1.54) is 43.4 Å². The van der Waals surface area contributed by atoms with Crippen molar-refractivity contribution in [2.45, 2.75) is 51.0 Å². The number of rotatable bonds is 3. The van der Waals surface area contributed by atoms with Gasteiger partial charge in [-0.3, -0.25) is 0 Å². The number of halogens is 1. The van der Waals surface area contributed by atoms with E-state index in [1.807, 2.05) is 0 Å². The van der Waals surface area contributed by atoms with E-state index in [4.69, 9.17) is 0 Å². The molecule has 1 fully saturated rings. The summed E-state index contributed by atoms with van der Waals surface area (Å²) in [5.74, 6) is 0.531. The molecule has 3 heteroatoms. The minimum Gasteiger partial charge on any atom is -0.392 e. The predicted octanol–water partition coefficient (Wildman–Crippen LogP) is 4.38. The van der Waals surface area contributed by atoms with Crippen molar-refractivity contribution in [1.82, 2.24) is 0 Å². The molecule has 0 radical (unpaired) electrons. The summed E-state index contributed by atoms with van der Waals surface area (Å²) in [4.78, 5) is 1.30. The van der Waals surface area contributed by atoms with E-state index in [9.17, 15) is 5.11 Å². The smallest absolute Gasteiger partial charge is 0.0616 e. The minimum absolute atomic E-state index is 0.136. The summed E-state index contributed by atoms with van der Waals surface area (Å²) in [5.41, 5.74) is 0. The maximum absolute atomic E-state index is 10.3. The second kappa shape index (κ2) is 6.18. The lowest BCUT2D eigenvalue weighted by Gasteiger charge is -2.20. The Morgan fingerprint density at radius 1 is 1.31 bits per heavy atom. The normalized spacial score (nSPS) is 20.6. The maximum atomic E-state index is 10.3. The van der Waals surface area contributed by atoms with Crippen molar-refractivity contribution in [3.63, 3.8) is 0 Å². The van der Waals surface area contributed by atoms with Crippen LogP contribution in [-0.2, 0) is 6.42 Å². The van der Waals surface area contributed by atoms with Gasteiger partial charge < -0.3 is 5.11 Å². The maximum Gasteiger partial charge on any atom is 0.0616 e. The molecule has 1 aliphatic carbocycles. The van der Waals surface area contributed by atoms with Crippen molar-refractivity contribution >= 4 is 27.3 Å². The molecule has 90 valence electrons. The van der Waals surface area contributed by atoms with Crippen LogP contribution in [0.4, 0.5) is 0 Å². The third kappa shape index (κ3) is 3.57. The zero-order chi connectivity index (χ0) is 11.4. The standard InChI is InChI=1S/C13H19BrOS/c14-11-7-12(16-9-11)8-13(15)10-5-3-1-2-4-6-10/h7,9-10,13,15H,1-6,8H2. The Morgan fingerprint density at radius 3 is 2.56 bits per heavy atom. The number of aliphatic hydroxyl groups excluding tert-OH is 1. The molecule has 0 saturated heterocycles. The van der Waals surface area contributed by atoms with Crippen LogP contribution < -0.4 is 0 Å². The van der Waals surface area contributed by atoms with Crippen molar-refractivity contribution in [3.8, 4) is 0 Å². The molecule has 1 saturated carbocycles. The van der Waals surface area contributed by atoms with Crippen LogP contribution >= 0.6 is 27.3 Å². The Balaban J connectivity index is 1.88. The highest BCUT2D eigenvalue weighted by atomic mass is 79.9. The quantitative estimate of drug-likeness (QED) is 0.821. The van der Waals surface area contributed by atoms with Crippen LogP contribution in [0, 0.1) is 5.92 Å². The van der Waals surface area contributed by atoms with Gasteiger partial charge in [0.05, 0.1) is 6.10 Å². The van der Waals surface area contributed by atoms with Crippen LogP contribution in [0.25, 0.3) is 0 Å². The summed E-state index contributed by atoms with van der Waals surface area (Å²) >= 11 is 5.20. The first kappa shape index (κ1) is 12.6. The first-order chi connectivity index (χ1) is 7.75. The van der Waals surface area contributed by atoms with Crippen molar-refractivity contribution in [1.29, 1.82) is 0 Å². The van der Waals surface area contributed by atoms with Crippen molar-refractivity contribution in [2.24, 2.45) is 5.92 Å². The molecule has 1 nitrogen and oxygen atoms in total. The molecule has 0 spiro atoms. The molecule has 1 heterocycles. The highest BCUT2D eigenvalue weighted by molar-refractivity contribution is 9.10. The molecule has 0 bridgehead atoms. The van der Waals surface area contributed by atoms with E-state index in [0.29, 0.717) is 5.92 Å². The van der Waals surface area contributed by atoms with E-state index in [1.54, 1.807) is 11.3 Å². The fourth-order valence-corrected chi connectivity index (χ4v) is 4.03. The van der Waals surface area contributed by atoms with E-state index in [2.05, 4.69) is 27.4 Å². The lowest BCUT2D eigenvalue weighted by molar-refractivity contribution is 0.0993. The van der Waals surface area contributed by atoms with E-state index in [-0.39, 0.29) is 6.10 Å². The van der Waals surface area contributed by atoms with Gasteiger partial charge in [-0.15, -0.1) is 11.3 Å². The molecule has 0 amide bonds. The van der Waals surface area contributed by atoms with Gasteiger partial charge in [-0.2, -0.15) is 0 Å². The molecule has 1 unspecified atom stereocenters. The Kier molecular flexibility index (Phi) is 4.86. The second-order valence-electron chi connectivity index (χ2n) is 4.75. The van der Waals surface area contributed by atoms with E-state index >= 15 is 0 Å². The van der Waals surface area contributed by atoms with Gasteiger partial charge in [-0.1, -0.05) is 25.7 Å². The molecular weight excluding hydrogens is 284 g/mol. The van der Waals surface area contributed by atoms with Gasteiger partial charge in [0.25, 0.3) is 0 Å². The molecule has 2 rings (SSSR count). The highest BCUT2D eigenvalue weighted by Gasteiger charge is 2.21. The van der Waals surface area contributed by atoms with Crippen LogP contribution in [0.5, 0.6) is 0 Å². The van der Waals surface area contributed by atoms with Gasteiger partial charge in [0, 0.05) is 21.2 Å². The summed E-state index contributed by atoms with van der Waals surface area (Å²) in [6.07, 6.45) is 8.44. The minimum atomic E-state index is -0.136. The lowest BCUT2D eigenvalue weighted by Crippen LogP contribution is -2.22. The topological polar surface area (TPSA) is 20.2 Å². The average molecular weight is 303 g/mol. The summed E-state index contributed by atoms with van der Waals surface area (Å²) in [5, 5.41) is 12.3. The molecule has 1 N–H and O–H groups in total. The van der Waals surface area contributed by atoms with Gasteiger partial charge >= 0.3 is 0 Å². The largest absolute Gasteiger partial charge is 0.392 e. The van der Waals surface area contributed by atoms with Crippen molar-refractivity contribution in [3.05, 3.63) is 20.8 Å². The summed E-state index contributed by atoms with van der Waals surface area (Å²) in [6, 6.07) is 2.13. The third-order valence-electron chi connectivity index (χ3n) is 3.48. The zero-order valence-electron chi connectivity index (χ0n) is 9.49. The summed E-state index contributed by atoms with van der Waals surface area (Å²) in [6.45, 7) is 0. The Labute approximate surface area is 110 Å². The fourth-order valence-electron chi connectivity index (χ4n) is 2.53. The Hall–Kier alpha value is 0.140. The molecule has 1 atom stereocenters. The van der Waals surface area contributed by atoms with Gasteiger partial charge in [0.1, 0.15) is 0 Å². The molecule has 1 aromatic heterocycles. The van der Waals surface area contributed by atoms with Crippen LogP contribution in [0.15, 0.2) is 15.9 Å². The molecule has 0 aliphatic heterocycles. The molecule has 0 aromatic carbocycles. The van der Waals surface area contributed by atoms with Crippen LogP contribution in [0.2, 0.25) is 0 Å². The van der Waals surface area contributed by atoms with Crippen LogP contribution in [0.1, 0.15) is 43.4 Å².